The molecule has 2 aliphatic heterocycles. The van der Waals surface area contributed by atoms with E-state index >= 15 is 0 Å². The predicted octanol–water partition coefficient (Wildman–Crippen LogP) is 0.0184. The Kier molecular flexibility index (Phi) is 2.20. The summed E-state index contributed by atoms with van der Waals surface area (Å²) in [5.74, 6) is 0.831. The van der Waals surface area contributed by atoms with Crippen molar-refractivity contribution in [3.63, 3.8) is 0 Å². The van der Waals surface area contributed by atoms with Gasteiger partial charge in [-0.25, -0.2) is 10.0 Å². The van der Waals surface area contributed by atoms with Crippen LogP contribution in [0.1, 0.15) is 13.8 Å². The van der Waals surface area contributed by atoms with E-state index in [1.54, 1.807) is 11.1 Å². The number of aliphatic hydroxyl groups excluding tert-OH is 1. The summed E-state index contributed by atoms with van der Waals surface area (Å²) in [6.45, 7) is 4.80. The van der Waals surface area contributed by atoms with Crippen LogP contribution in [0.2, 0.25) is 0 Å². The largest absolute Gasteiger partial charge is 0.368 e. The fraction of sp³-hybridized carbons (Fsp3) is 0.667. The maximum absolute atomic E-state index is 9.74. The second-order valence-electron chi connectivity index (χ2n) is 3.86. The number of nitrogens with zero attached hydrogens (tertiary/aromatic N) is 4. The number of fused-ring (bicyclic) bond motifs is 1. The molecule has 0 aromatic carbocycles. The van der Waals surface area contributed by atoms with Gasteiger partial charge in [0.1, 0.15) is 6.67 Å². The van der Waals surface area contributed by atoms with Crippen LogP contribution in [0, 0.1) is 0 Å². The molecular formula is C9H16N4O. The van der Waals surface area contributed by atoms with Crippen LogP contribution in [0.15, 0.2) is 17.3 Å². The third-order valence-corrected chi connectivity index (χ3v) is 2.45. The Morgan fingerprint density at radius 1 is 1.57 bits per heavy atom. The van der Waals surface area contributed by atoms with Crippen LogP contribution in [0.5, 0.6) is 0 Å². The topological polar surface area (TPSA) is 42.3 Å². The number of hydrogen-bond donors (Lipinski definition) is 1. The zero-order valence-electron chi connectivity index (χ0n) is 8.75. The summed E-state index contributed by atoms with van der Waals surface area (Å²) in [5, 5.41) is 13.4. The van der Waals surface area contributed by atoms with Crippen molar-refractivity contribution in [1.29, 1.82) is 0 Å². The quantitative estimate of drug-likeness (QED) is 0.642. The molecule has 0 amide bonds. The Balaban J connectivity index is 2.29. The smallest absolute Gasteiger partial charge is 0.219 e. The van der Waals surface area contributed by atoms with Crippen LogP contribution < -0.4 is 0 Å². The van der Waals surface area contributed by atoms with Gasteiger partial charge in [-0.3, -0.25) is 0 Å². The van der Waals surface area contributed by atoms with Gasteiger partial charge >= 0.3 is 0 Å². The van der Waals surface area contributed by atoms with E-state index in [0.717, 1.165) is 5.96 Å². The number of guanidine groups is 1. The average molecular weight is 196 g/mol. The molecule has 1 N–H and O–H groups in total. The highest BCUT2D eigenvalue weighted by molar-refractivity contribution is 5.83. The molecule has 0 aromatic heterocycles. The van der Waals surface area contributed by atoms with Crippen LogP contribution in [0.3, 0.4) is 0 Å². The third-order valence-electron chi connectivity index (χ3n) is 2.45. The predicted molar refractivity (Wildman–Crippen MR) is 54.0 cm³/mol. The first-order chi connectivity index (χ1) is 6.61. The van der Waals surface area contributed by atoms with Crippen molar-refractivity contribution in [2.75, 3.05) is 13.7 Å². The van der Waals surface area contributed by atoms with E-state index in [4.69, 9.17) is 0 Å². The summed E-state index contributed by atoms with van der Waals surface area (Å²) < 4.78 is 0. The van der Waals surface area contributed by atoms with Gasteiger partial charge in [0.15, 0.2) is 6.23 Å². The fourth-order valence-corrected chi connectivity index (χ4v) is 1.70. The molecule has 0 radical (unpaired) electrons. The zero-order chi connectivity index (χ0) is 10.3. The number of hydrazine groups is 1. The van der Waals surface area contributed by atoms with Gasteiger partial charge in [-0.1, -0.05) is 0 Å². The molecule has 0 saturated heterocycles. The Labute approximate surface area is 83.9 Å². The van der Waals surface area contributed by atoms with E-state index in [1.807, 2.05) is 18.3 Å². The minimum Gasteiger partial charge on any atom is -0.368 e. The molecule has 0 aromatic rings. The van der Waals surface area contributed by atoms with Crippen molar-refractivity contribution in [3.05, 3.63) is 12.3 Å². The lowest BCUT2D eigenvalue weighted by molar-refractivity contribution is -0.0421. The SMILES string of the molecule is CC(C)N1C=CC(O)N2C1=NCN2C. The molecule has 0 saturated carbocycles. The first-order valence-corrected chi connectivity index (χ1v) is 4.80. The highest BCUT2D eigenvalue weighted by Gasteiger charge is 2.34. The Morgan fingerprint density at radius 2 is 2.29 bits per heavy atom. The van der Waals surface area contributed by atoms with Crippen LogP contribution in [0.25, 0.3) is 0 Å². The molecule has 1 unspecified atom stereocenters. The minimum atomic E-state index is -0.587. The van der Waals surface area contributed by atoms with Crippen LogP contribution in [-0.4, -0.2) is 52.0 Å². The van der Waals surface area contributed by atoms with Gasteiger partial charge in [-0.05, 0) is 19.9 Å². The summed E-state index contributed by atoms with van der Waals surface area (Å²) in [7, 11) is 1.91. The molecule has 2 rings (SSSR count). The van der Waals surface area contributed by atoms with Crippen molar-refractivity contribution in [1.82, 2.24) is 14.9 Å². The zero-order valence-corrected chi connectivity index (χ0v) is 8.75. The molecule has 78 valence electrons. The molecule has 0 bridgehead atoms. The molecule has 2 aliphatic rings. The molecule has 14 heavy (non-hydrogen) atoms. The maximum atomic E-state index is 9.74. The molecule has 0 spiro atoms. The number of aliphatic hydroxyl groups is 1. The third kappa shape index (κ3) is 1.29. The van der Waals surface area contributed by atoms with Gasteiger partial charge in [-0.2, -0.15) is 5.01 Å². The maximum Gasteiger partial charge on any atom is 0.219 e. The van der Waals surface area contributed by atoms with Crippen molar-refractivity contribution in [2.45, 2.75) is 26.1 Å². The fourth-order valence-electron chi connectivity index (χ4n) is 1.70. The highest BCUT2D eigenvalue weighted by atomic mass is 16.3. The molecule has 0 aliphatic carbocycles. The normalized spacial score (nSPS) is 27.2. The van der Waals surface area contributed by atoms with E-state index in [1.165, 1.54) is 0 Å². The van der Waals surface area contributed by atoms with Gasteiger partial charge in [0, 0.05) is 19.3 Å². The van der Waals surface area contributed by atoms with E-state index < -0.39 is 6.23 Å². The van der Waals surface area contributed by atoms with E-state index in [0.29, 0.717) is 12.7 Å². The number of aliphatic imine (C=N–C) groups is 1. The summed E-state index contributed by atoms with van der Waals surface area (Å²) in [6, 6.07) is 0.353. The lowest BCUT2D eigenvalue weighted by Crippen LogP contribution is -2.54. The second-order valence-corrected chi connectivity index (χ2v) is 3.86. The van der Waals surface area contributed by atoms with E-state index in [9.17, 15) is 5.11 Å². The lowest BCUT2D eigenvalue weighted by atomic mass is 10.3. The standard InChI is InChI=1S/C9H16N4O/c1-7(2)12-5-4-8(14)13-9(12)10-6-11(13)3/h4-5,7-8,14H,6H2,1-3H3. The Morgan fingerprint density at radius 3 is 2.93 bits per heavy atom. The monoisotopic (exact) mass is 196 g/mol. The molecular weight excluding hydrogens is 180 g/mol. The van der Waals surface area contributed by atoms with Gasteiger partial charge in [0.25, 0.3) is 0 Å². The molecule has 2 heterocycles. The Hall–Kier alpha value is -1.07. The first kappa shape index (κ1) is 9.48. The van der Waals surface area contributed by atoms with Gasteiger partial charge < -0.3 is 10.0 Å². The van der Waals surface area contributed by atoms with Crippen LogP contribution >= 0.6 is 0 Å². The number of hydrogen-bond acceptors (Lipinski definition) is 5. The van der Waals surface area contributed by atoms with Gasteiger partial charge in [0.05, 0.1) is 0 Å². The highest BCUT2D eigenvalue weighted by Crippen LogP contribution is 2.20. The van der Waals surface area contributed by atoms with Crippen molar-refractivity contribution < 1.29 is 5.11 Å². The molecule has 1 atom stereocenters. The van der Waals surface area contributed by atoms with E-state index in [-0.39, 0.29) is 0 Å². The summed E-state index contributed by atoms with van der Waals surface area (Å²) in [6.07, 6.45) is 3.07. The number of rotatable bonds is 1. The van der Waals surface area contributed by atoms with E-state index in [2.05, 4.69) is 23.7 Å². The van der Waals surface area contributed by atoms with Crippen LogP contribution in [-0.2, 0) is 0 Å². The summed E-state index contributed by atoms with van der Waals surface area (Å²) in [5.41, 5.74) is 0. The lowest BCUT2D eigenvalue weighted by Gasteiger charge is -2.39. The molecule has 5 nitrogen and oxygen atoms in total. The molecule has 5 heteroatoms. The van der Waals surface area contributed by atoms with Crippen molar-refractivity contribution in [3.8, 4) is 0 Å². The van der Waals surface area contributed by atoms with Crippen molar-refractivity contribution in [2.24, 2.45) is 4.99 Å². The second kappa shape index (κ2) is 3.25. The summed E-state index contributed by atoms with van der Waals surface area (Å²) >= 11 is 0. The Bertz CT molecular complexity index is 287. The van der Waals surface area contributed by atoms with Crippen molar-refractivity contribution >= 4 is 5.96 Å². The average Bonchev–Trinajstić information content (AvgIpc) is 2.49. The minimum absolute atomic E-state index is 0.353. The summed E-state index contributed by atoms with van der Waals surface area (Å²) in [4.78, 5) is 6.43. The molecule has 0 fully saturated rings. The van der Waals surface area contributed by atoms with Gasteiger partial charge in [0.2, 0.25) is 5.96 Å². The van der Waals surface area contributed by atoms with Crippen LogP contribution in [0.4, 0.5) is 0 Å². The van der Waals surface area contributed by atoms with Gasteiger partial charge in [-0.15, -0.1) is 0 Å². The first-order valence-electron chi connectivity index (χ1n) is 4.80.